The Morgan fingerprint density at radius 3 is 2.88 bits per heavy atom. The number of aryl methyl sites for hydroxylation is 1. The highest BCUT2D eigenvalue weighted by atomic mass is 19.1. The van der Waals surface area contributed by atoms with Crippen LogP contribution >= 0.6 is 0 Å². The molecular weight excluding hydrogens is 331 g/mol. The van der Waals surface area contributed by atoms with Crippen LogP contribution in [-0.2, 0) is 19.5 Å². The number of rotatable bonds is 3. The number of hydrogen-bond acceptors (Lipinski definition) is 4. The van der Waals surface area contributed by atoms with Crippen LogP contribution < -0.4 is 5.56 Å². The third-order valence-corrected chi connectivity index (χ3v) is 5.78. The average molecular weight is 356 g/mol. The van der Waals surface area contributed by atoms with Gasteiger partial charge < -0.3 is 4.98 Å². The van der Waals surface area contributed by atoms with Crippen LogP contribution in [0.4, 0.5) is 4.39 Å². The highest BCUT2D eigenvalue weighted by molar-refractivity contribution is 5.25. The Bertz CT molecular complexity index is 837. The molecule has 0 radical (unpaired) electrons. The van der Waals surface area contributed by atoms with Gasteiger partial charge in [0, 0.05) is 43.7 Å². The maximum atomic E-state index is 14.0. The molecule has 1 saturated carbocycles. The third-order valence-electron chi connectivity index (χ3n) is 5.78. The van der Waals surface area contributed by atoms with Crippen LogP contribution in [0.2, 0.25) is 0 Å². The van der Waals surface area contributed by atoms with Gasteiger partial charge in [-0.2, -0.15) is 4.39 Å². The SMILES string of the molecule is Cc1ccnc(F)c1CN1CCc2nc(C3CCCCC3)[nH]c(=O)c2C1. The molecule has 1 aliphatic heterocycles. The molecule has 3 heterocycles. The van der Waals surface area contributed by atoms with Gasteiger partial charge in [-0.25, -0.2) is 9.97 Å². The Morgan fingerprint density at radius 2 is 2.12 bits per heavy atom. The van der Waals surface area contributed by atoms with E-state index in [1.165, 1.54) is 25.5 Å². The Balaban J connectivity index is 1.54. The van der Waals surface area contributed by atoms with E-state index in [0.29, 0.717) is 24.6 Å². The summed E-state index contributed by atoms with van der Waals surface area (Å²) in [6.45, 7) is 3.65. The van der Waals surface area contributed by atoms with E-state index in [4.69, 9.17) is 4.98 Å². The lowest BCUT2D eigenvalue weighted by atomic mass is 9.88. The van der Waals surface area contributed by atoms with Crippen molar-refractivity contribution < 1.29 is 4.39 Å². The summed E-state index contributed by atoms with van der Waals surface area (Å²) in [4.78, 5) is 26.3. The average Bonchev–Trinajstić information content (AvgIpc) is 2.66. The summed E-state index contributed by atoms with van der Waals surface area (Å²) in [5, 5.41) is 0. The molecule has 1 aliphatic carbocycles. The van der Waals surface area contributed by atoms with E-state index in [2.05, 4.69) is 14.9 Å². The van der Waals surface area contributed by atoms with E-state index in [9.17, 15) is 9.18 Å². The molecular formula is C20H25FN4O. The maximum absolute atomic E-state index is 14.0. The standard InChI is InChI=1S/C20H25FN4O/c1-13-7-9-22-18(21)15(13)11-25-10-8-17-16(12-25)20(26)24-19(23-17)14-5-3-2-4-6-14/h7,9,14H,2-6,8,10-12H2,1H3,(H,23,24,26). The Kier molecular flexibility index (Phi) is 4.85. The summed E-state index contributed by atoms with van der Waals surface area (Å²) in [5.41, 5.74) is 3.14. The van der Waals surface area contributed by atoms with Gasteiger partial charge in [-0.15, -0.1) is 0 Å². The number of nitrogens with one attached hydrogen (secondary N) is 1. The van der Waals surface area contributed by atoms with Crippen LogP contribution in [0.1, 0.15) is 66.2 Å². The molecule has 4 rings (SSSR count). The second-order valence-electron chi connectivity index (χ2n) is 7.57. The van der Waals surface area contributed by atoms with Crippen LogP contribution in [-0.4, -0.2) is 26.4 Å². The number of pyridine rings is 1. The predicted octanol–water partition coefficient (Wildman–Crippen LogP) is 3.22. The highest BCUT2D eigenvalue weighted by Crippen LogP contribution is 2.31. The fraction of sp³-hybridized carbons (Fsp3) is 0.550. The van der Waals surface area contributed by atoms with E-state index in [1.807, 2.05) is 13.0 Å². The van der Waals surface area contributed by atoms with Crippen molar-refractivity contribution in [2.24, 2.45) is 0 Å². The Labute approximate surface area is 152 Å². The van der Waals surface area contributed by atoms with Crippen molar-refractivity contribution in [2.75, 3.05) is 6.54 Å². The molecule has 6 heteroatoms. The first-order valence-electron chi connectivity index (χ1n) is 9.56. The van der Waals surface area contributed by atoms with Gasteiger partial charge in [-0.1, -0.05) is 19.3 Å². The summed E-state index contributed by atoms with van der Waals surface area (Å²) < 4.78 is 14.0. The molecule has 138 valence electrons. The highest BCUT2D eigenvalue weighted by Gasteiger charge is 2.25. The minimum Gasteiger partial charge on any atom is -0.310 e. The van der Waals surface area contributed by atoms with Crippen molar-refractivity contribution in [3.63, 3.8) is 0 Å². The predicted molar refractivity (Wildman–Crippen MR) is 97.4 cm³/mol. The molecule has 0 saturated heterocycles. The number of fused-ring (bicyclic) bond motifs is 1. The molecule has 1 N–H and O–H groups in total. The van der Waals surface area contributed by atoms with Crippen LogP contribution in [0.25, 0.3) is 0 Å². The van der Waals surface area contributed by atoms with E-state index in [-0.39, 0.29) is 5.56 Å². The van der Waals surface area contributed by atoms with Crippen molar-refractivity contribution in [2.45, 2.75) is 64.5 Å². The molecule has 2 aromatic rings. The lowest BCUT2D eigenvalue weighted by Crippen LogP contribution is -2.36. The lowest BCUT2D eigenvalue weighted by molar-refractivity contribution is 0.236. The zero-order valence-electron chi connectivity index (χ0n) is 15.2. The molecule has 0 bridgehead atoms. The van der Waals surface area contributed by atoms with Gasteiger partial charge in [-0.3, -0.25) is 9.69 Å². The van der Waals surface area contributed by atoms with Gasteiger partial charge in [-0.05, 0) is 31.4 Å². The largest absolute Gasteiger partial charge is 0.310 e. The molecule has 5 nitrogen and oxygen atoms in total. The second-order valence-corrected chi connectivity index (χ2v) is 7.57. The van der Waals surface area contributed by atoms with Crippen molar-refractivity contribution >= 4 is 0 Å². The Morgan fingerprint density at radius 1 is 1.31 bits per heavy atom. The first kappa shape index (κ1) is 17.3. The normalized spacial score (nSPS) is 18.7. The molecule has 2 aliphatic rings. The van der Waals surface area contributed by atoms with Crippen molar-refractivity contribution in [1.29, 1.82) is 0 Å². The van der Waals surface area contributed by atoms with Crippen LogP contribution in [0.5, 0.6) is 0 Å². The van der Waals surface area contributed by atoms with Crippen molar-refractivity contribution in [3.05, 3.63) is 56.8 Å². The molecule has 0 spiro atoms. The monoisotopic (exact) mass is 356 g/mol. The van der Waals surface area contributed by atoms with Crippen molar-refractivity contribution in [1.82, 2.24) is 19.9 Å². The quantitative estimate of drug-likeness (QED) is 0.858. The number of aromatic nitrogens is 3. The number of H-pyrrole nitrogens is 1. The zero-order chi connectivity index (χ0) is 18.1. The molecule has 1 fully saturated rings. The van der Waals surface area contributed by atoms with Crippen LogP contribution in [0.3, 0.4) is 0 Å². The molecule has 0 amide bonds. The van der Waals surface area contributed by atoms with Gasteiger partial charge >= 0.3 is 0 Å². The topological polar surface area (TPSA) is 61.9 Å². The summed E-state index contributed by atoms with van der Waals surface area (Å²) in [6.07, 6.45) is 8.18. The minimum atomic E-state index is -0.421. The maximum Gasteiger partial charge on any atom is 0.255 e. The van der Waals surface area contributed by atoms with Gasteiger partial charge in [0.05, 0.1) is 11.3 Å². The molecule has 0 unspecified atom stereocenters. The number of hydrogen-bond donors (Lipinski definition) is 1. The fourth-order valence-corrected chi connectivity index (χ4v) is 4.17. The summed E-state index contributed by atoms with van der Waals surface area (Å²) in [7, 11) is 0. The molecule has 2 aromatic heterocycles. The third kappa shape index (κ3) is 3.43. The van der Waals surface area contributed by atoms with Crippen molar-refractivity contribution in [3.8, 4) is 0 Å². The minimum absolute atomic E-state index is 0.0244. The molecule has 26 heavy (non-hydrogen) atoms. The molecule has 0 aromatic carbocycles. The van der Waals surface area contributed by atoms with Gasteiger partial charge in [0.25, 0.3) is 5.56 Å². The van der Waals surface area contributed by atoms with E-state index >= 15 is 0 Å². The van der Waals surface area contributed by atoms with E-state index in [0.717, 1.165) is 48.5 Å². The van der Waals surface area contributed by atoms with Gasteiger partial charge in [0.1, 0.15) is 5.82 Å². The number of halogens is 1. The first-order valence-corrected chi connectivity index (χ1v) is 9.56. The van der Waals surface area contributed by atoms with Gasteiger partial charge in [0.15, 0.2) is 0 Å². The number of nitrogens with zero attached hydrogens (tertiary/aromatic N) is 3. The van der Waals surface area contributed by atoms with Crippen LogP contribution in [0, 0.1) is 12.9 Å². The summed E-state index contributed by atoms with van der Waals surface area (Å²) in [5.74, 6) is 0.846. The first-order chi connectivity index (χ1) is 12.6. The Hall–Kier alpha value is -2.08. The second kappa shape index (κ2) is 7.27. The van der Waals surface area contributed by atoms with E-state index in [1.54, 1.807) is 0 Å². The molecule has 0 atom stereocenters. The van der Waals surface area contributed by atoms with Crippen LogP contribution in [0.15, 0.2) is 17.1 Å². The zero-order valence-corrected chi connectivity index (χ0v) is 15.2. The van der Waals surface area contributed by atoms with E-state index < -0.39 is 5.95 Å². The lowest BCUT2D eigenvalue weighted by Gasteiger charge is -2.29. The van der Waals surface area contributed by atoms with Gasteiger partial charge in [0.2, 0.25) is 5.95 Å². The number of aromatic amines is 1. The summed E-state index contributed by atoms with van der Waals surface area (Å²) in [6, 6.07) is 1.82. The fourth-order valence-electron chi connectivity index (χ4n) is 4.17. The summed E-state index contributed by atoms with van der Waals surface area (Å²) >= 11 is 0. The smallest absolute Gasteiger partial charge is 0.255 e.